The van der Waals surface area contributed by atoms with Crippen LogP contribution in [0.3, 0.4) is 0 Å². The molecule has 178 valence electrons. The van der Waals surface area contributed by atoms with Crippen molar-refractivity contribution < 1.29 is 14.3 Å². The highest BCUT2D eigenvalue weighted by molar-refractivity contribution is 7.99. The Balaban J connectivity index is 1.71. The number of ether oxygens (including phenoxy) is 1. The molecule has 1 N–H and O–H groups in total. The van der Waals surface area contributed by atoms with Gasteiger partial charge in [0.25, 0.3) is 0 Å². The molecular weight excluding hydrogens is 456 g/mol. The predicted octanol–water partition coefficient (Wildman–Crippen LogP) is 5.45. The zero-order valence-electron chi connectivity index (χ0n) is 19.4. The van der Waals surface area contributed by atoms with Gasteiger partial charge in [-0.1, -0.05) is 61.7 Å². The first kappa shape index (κ1) is 25.4. The Kier molecular flexibility index (Phi) is 9.95. The van der Waals surface area contributed by atoms with Gasteiger partial charge in [0.1, 0.15) is 11.8 Å². The first-order chi connectivity index (χ1) is 16.0. The molecule has 5 nitrogen and oxygen atoms in total. The smallest absolute Gasteiger partial charge is 0.243 e. The van der Waals surface area contributed by atoms with Gasteiger partial charge < -0.3 is 15.0 Å². The van der Waals surface area contributed by atoms with Gasteiger partial charge >= 0.3 is 0 Å². The van der Waals surface area contributed by atoms with Crippen LogP contribution in [0.5, 0.6) is 5.75 Å². The van der Waals surface area contributed by atoms with Crippen molar-refractivity contribution in [1.82, 2.24) is 10.2 Å². The number of rotatable bonds is 11. The lowest BCUT2D eigenvalue weighted by molar-refractivity contribution is -0.139. The van der Waals surface area contributed by atoms with Crippen LogP contribution in [0.4, 0.5) is 0 Å². The first-order valence-corrected chi connectivity index (χ1v) is 13.1. The maximum atomic E-state index is 13.4. The molecule has 0 bridgehead atoms. The van der Waals surface area contributed by atoms with E-state index in [-0.39, 0.29) is 23.6 Å². The third-order valence-electron chi connectivity index (χ3n) is 6.04. The van der Waals surface area contributed by atoms with Crippen molar-refractivity contribution in [2.45, 2.75) is 63.4 Å². The zero-order chi connectivity index (χ0) is 23.6. The molecule has 2 aromatic carbocycles. The van der Waals surface area contributed by atoms with Crippen molar-refractivity contribution in [3.63, 3.8) is 0 Å². The molecule has 2 aromatic rings. The summed E-state index contributed by atoms with van der Waals surface area (Å²) in [6.45, 7) is 2.34. The summed E-state index contributed by atoms with van der Waals surface area (Å²) in [6, 6.07) is 15.0. The highest BCUT2D eigenvalue weighted by Crippen LogP contribution is 2.23. The molecule has 2 amide bonds. The number of nitrogens with one attached hydrogen (secondary N) is 1. The Hall–Kier alpha value is -2.18. The van der Waals surface area contributed by atoms with E-state index in [2.05, 4.69) is 5.32 Å². The fraction of sp³-hybridized carbons (Fsp3) is 0.462. The molecule has 1 aliphatic carbocycles. The minimum absolute atomic E-state index is 0.0451. The Morgan fingerprint density at radius 3 is 2.48 bits per heavy atom. The largest absolute Gasteiger partial charge is 0.497 e. The van der Waals surface area contributed by atoms with Crippen LogP contribution in [0.1, 0.15) is 50.2 Å². The SMILES string of the molecule is CCC(C(=O)NC1CCCC1)N(Cc1ccc(OC)cc1)C(=O)CSCc1ccccc1Cl. The normalized spacial score (nSPS) is 14.6. The van der Waals surface area contributed by atoms with E-state index in [1.54, 1.807) is 12.0 Å². The van der Waals surface area contributed by atoms with Crippen LogP contribution in [0.15, 0.2) is 48.5 Å². The summed E-state index contributed by atoms with van der Waals surface area (Å²) in [5.41, 5.74) is 1.97. The molecule has 3 rings (SSSR count). The highest BCUT2D eigenvalue weighted by atomic mass is 35.5. The second-order valence-electron chi connectivity index (χ2n) is 8.37. The molecule has 1 atom stereocenters. The molecule has 0 aromatic heterocycles. The summed E-state index contributed by atoms with van der Waals surface area (Å²) in [7, 11) is 1.63. The quantitative estimate of drug-likeness (QED) is 0.457. The maximum Gasteiger partial charge on any atom is 0.243 e. The van der Waals surface area contributed by atoms with E-state index >= 15 is 0 Å². The van der Waals surface area contributed by atoms with E-state index in [0.29, 0.717) is 23.7 Å². The lowest BCUT2D eigenvalue weighted by atomic mass is 10.1. The number of benzene rings is 2. The van der Waals surface area contributed by atoms with Crippen LogP contribution in [0.2, 0.25) is 5.02 Å². The number of carbonyl (C=O) groups is 2. The predicted molar refractivity (Wildman–Crippen MR) is 136 cm³/mol. The molecule has 0 saturated heterocycles. The van der Waals surface area contributed by atoms with Gasteiger partial charge in [0.05, 0.1) is 12.9 Å². The second kappa shape index (κ2) is 12.9. The van der Waals surface area contributed by atoms with Gasteiger partial charge in [0.2, 0.25) is 11.8 Å². The number of hydrogen-bond donors (Lipinski definition) is 1. The number of halogens is 1. The molecular formula is C26H33ClN2O3S. The van der Waals surface area contributed by atoms with Crippen molar-refractivity contribution >= 4 is 35.2 Å². The Morgan fingerprint density at radius 2 is 1.85 bits per heavy atom. The summed E-state index contributed by atoms with van der Waals surface area (Å²) >= 11 is 7.78. The van der Waals surface area contributed by atoms with Gasteiger partial charge in [-0.15, -0.1) is 11.8 Å². The lowest BCUT2D eigenvalue weighted by Gasteiger charge is -2.31. The van der Waals surface area contributed by atoms with Crippen molar-refractivity contribution in [2.75, 3.05) is 12.9 Å². The summed E-state index contributed by atoms with van der Waals surface area (Å²) < 4.78 is 5.25. The average Bonchev–Trinajstić information content (AvgIpc) is 3.33. The number of nitrogens with zero attached hydrogens (tertiary/aromatic N) is 1. The molecule has 0 spiro atoms. The van der Waals surface area contributed by atoms with Gasteiger partial charge in [-0.2, -0.15) is 0 Å². The van der Waals surface area contributed by atoms with Gasteiger partial charge in [-0.25, -0.2) is 0 Å². The molecule has 1 saturated carbocycles. The van der Waals surface area contributed by atoms with E-state index in [4.69, 9.17) is 16.3 Å². The fourth-order valence-corrected chi connectivity index (χ4v) is 5.36. The molecule has 0 heterocycles. The monoisotopic (exact) mass is 488 g/mol. The van der Waals surface area contributed by atoms with Crippen LogP contribution >= 0.6 is 23.4 Å². The molecule has 1 aliphatic rings. The fourth-order valence-electron chi connectivity index (χ4n) is 4.16. The number of amides is 2. The summed E-state index contributed by atoms with van der Waals surface area (Å²) in [6.07, 6.45) is 4.89. The Bertz CT molecular complexity index is 916. The molecule has 7 heteroatoms. The summed E-state index contributed by atoms with van der Waals surface area (Å²) in [5, 5.41) is 3.89. The molecule has 1 unspecified atom stereocenters. The number of thioether (sulfide) groups is 1. The van der Waals surface area contributed by atoms with Crippen LogP contribution in [0.25, 0.3) is 0 Å². The number of carbonyl (C=O) groups excluding carboxylic acids is 2. The van der Waals surface area contributed by atoms with Gasteiger partial charge in [0, 0.05) is 23.4 Å². The minimum atomic E-state index is -0.499. The van der Waals surface area contributed by atoms with E-state index < -0.39 is 6.04 Å². The third kappa shape index (κ3) is 7.41. The zero-order valence-corrected chi connectivity index (χ0v) is 21.0. The lowest BCUT2D eigenvalue weighted by Crippen LogP contribution is -2.51. The van der Waals surface area contributed by atoms with Crippen molar-refractivity contribution in [1.29, 1.82) is 0 Å². The van der Waals surface area contributed by atoms with Crippen LogP contribution < -0.4 is 10.1 Å². The van der Waals surface area contributed by atoms with Crippen molar-refractivity contribution in [3.8, 4) is 5.75 Å². The maximum absolute atomic E-state index is 13.4. The molecule has 0 radical (unpaired) electrons. The Labute approximate surface area is 206 Å². The van der Waals surface area contributed by atoms with Crippen LogP contribution in [-0.2, 0) is 21.9 Å². The topological polar surface area (TPSA) is 58.6 Å². The third-order valence-corrected chi connectivity index (χ3v) is 7.38. The number of hydrogen-bond acceptors (Lipinski definition) is 4. The highest BCUT2D eigenvalue weighted by Gasteiger charge is 2.30. The van der Waals surface area contributed by atoms with Crippen molar-refractivity contribution in [2.24, 2.45) is 0 Å². The first-order valence-electron chi connectivity index (χ1n) is 11.6. The number of methoxy groups -OCH3 is 1. The summed E-state index contributed by atoms with van der Waals surface area (Å²) in [5.74, 6) is 1.60. The van der Waals surface area contributed by atoms with Crippen LogP contribution in [-0.4, -0.2) is 41.7 Å². The Morgan fingerprint density at radius 1 is 1.15 bits per heavy atom. The van der Waals surface area contributed by atoms with E-state index in [0.717, 1.165) is 42.6 Å². The van der Waals surface area contributed by atoms with Gasteiger partial charge in [-0.05, 0) is 48.6 Å². The van der Waals surface area contributed by atoms with Crippen LogP contribution in [0, 0.1) is 0 Å². The van der Waals surface area contributed by atoms with Gasteiger partial charge in [0.15, 0.2) is 0 Å². The second-order valence-corrected chi connectivity index (χ2v) is 9.76. The minimum Gasteiger partial charge on any atom is -0.497 e. The van der Waals surface area contributed by atoms with Crippen molar-refractivity contribution in [3.05, 3.63) is 64.7 Å². The molecule has 0 aliphatic heterocycles. The van der Waals surface area contributed by atoms with Gasteiger partial charge in [-0.3, -0.25) is 9.59 Å². The molecule has 33 heavy (non-hydrogen) atoms. The van der Waals surface area contributed by atoms with E-state index in [1.807, 2.05) is 55.5 Å². The average molecular weight is 489 g/mol. The standard InChI is InChI=1S/C26H33ClN2O3S/c1-3-24(26(31)28-21-9-5-6-10-21)29(16-19-12-14-22(32-2)15-13-19)25(30)18-33-17-20-8-4-7-11-23(20)27/h4,7-8,11-15,21,24H,3,5-6,9-10,16-18H2,1-2H3,(H,28,31). The molecule has 1 fully saturated rings. The van der Waals surface area contributed by atoms with E-state index in [9.17, 15) is 9.59 Å². The van der Waals surface area contributed by atoms with E-state index in [1.165, 1.54) is 11.8 Å². The summed E-state index contributed by atoms with van der Waals surface area (Å²) in [4.78, 5) is 28.2.